The van der Waals surface area contributed by atoms with Gasteiger partial charge in [-0.25, -0.2) is 9.37 Å². The molecule has 0 aliphatic carbocycles. The number of thiazole rings is 1. The number of nitrogens with zero attached hydrogens (tertiary/aromatic N) is 3. The molecule has 2 aromatic carbocycles. The Labute approximate surface area is 199 Å². The molecule has 1 aliphatic heterocycles. The molecule has 0 unspecified atom stereocenters. The number of carbonyl (C=O) groups excluding carboxylic acids is 2. The number of nitro benzene ring substituents is 1. The summed E-state index contributed by atoms with van der Waals surface area (Å²) in [4.78, 5) is 42.0. The van der Waals surface area contributed by atoms with Crippen molar-refractivity contribution in [1.29, 1.82) is 0 Å². The third-order valence-corrected chi connectivity index (χ3v) is 6.86. The lowest BCUT2D eigenvalue weighted by molar-refractivity contribution is -0.385. The van der Waals surface area contributed by atoms with E-state index in [0.29, 0.717) is 18.7 Å². The average molecular weight is 483 g/mol. The molecule has 0 bridgehead atoms. The highest BCUT2D eigenvalue weighted by Gasteiger charge is 2.26. The molecule has 0 radical (unpaired) electrons. The van der Waals surface area contributed by atoms with Crippen LogP contribution in [-0.4, -0.2) is 39.7 Å². The van der Waals surface area contributed by atoms with Crippen LogP contribution in [0.1, 0.15) is 45.4 Å². The van der Waals surface area contributed by atoms with E-state index in [2.05, 4.69) is 10.3 Å². The molecule has 1 N–H and O–H groups in total. The first kappa shape index (κ1) is 23.5. The number of amides is 2. The van der Waals surface area contributed by atoms with Gasteiger partial charge in [-0.2, -0.15) is 0 Å². The Hall–Kier alpha value is -3.66. The SMILES string of the molecule is O=C(NCc1ccccc1[N+](=O)[O-])c1csc(C2CCN(C(=O)Cc3ccc(F)cc3)CC2)n1. The minimum Gasteiger partial charge on any atom is -0.346 e. The Bertz CT molecular complexity index is 1190. The van der Waals surface area contributed by atoms with Crippen molar-refractivity contribution < 1.29 is 18.9 Å². The van der Waals surface area contributed by atoms with Crippen LogP contribution in [0.15, 0.2) is 53.9 Å². The van der Waals surface area contributed by atoms with Crippen molar-refractivity contribution in [2.24, 2.45) is 0 Å². The molecule has 176 valence electrons. The van der Waals surface area contributed by atoms with Crippen molar-refractivity contribution in [3.05, 3.63) is 91.7 Å². The molecule has 0 saturated carbocycles. The predicted octanol–water partition coefficient (Wildman–Crippen LogP) is 4.07. The van der Waals surface area contributed by atoms with Crippen LogP contribution >= 0.6 is 11.3 Å². The standard InChI is InChI=1S/C24H23FN4O4S/c25-19-7-5-16(6-8-19)13-22(30)28-11-9-17(10-12-28)24-27-20(15-34-24)23(31)26-14-18-3-1-2-4-21(18)29(32)33/h1-8,15,17H,9-14H2,(H,26,31). The van der Waals surface area contributed by atoms with Gasteiger partial charge in [0.05, 0.1) is 16.4 Å². The van der Waals surface area contributed by atoms with Gasteiger partial charge in [0.15, 0.2) is 0 Å². The maximum Gasteiger partial charge on any atom is 0.274 e. The number of nitrogens with one attached hydrogen (secondary N) is 1. The lowest BCUT2D eigenvalue weighted by atomic mass is 9.97. The summed E-state index contributed by atoms with van der Waals surface area (Å²) >= 11 is 1.41. The molecule has 34 heavy (non-hydrogen) atoms. The van der Waals surface area contributed by atoms with E-state index in [1.54, 1.807) is 35.7 Å². The van der Waals surface area contributed by atoms with E-state index in [9.17, 15) is 24.1 Å². The molecule has 0 atom stereocenters. The largest absolute Gasteiger partial charge is 0.346 e. The minimum absolute atomic E-state index is 0.0132. The van der Waals surface area contributed by atoms with Crippen LogP contribution in [0, 0.1) is 15.9 Å². The summed E-state index contributed by atoms with van der Waals surface area (Å²) in [5.74, 6) is -0.529. The summed E-state index contributed by atoms with van der Waals surface area (Å²) in [5.41, 5.74) is 1.45. The van der Waals surface area contributed by atoms with E-state index in [4.69, 9.17) is 0 Å². The van der Waals surface area contributed by atoms with Crippen LogP contribution in [0.2, 0.25) is 0 Å². The summed E-state index contributed by atoms with van der Waals surface area (Å²) in [6.07, 6.45) is 1.74. The van der Waals surface area contributed by atoms with Crippen molar-refractivity contribution >= 4 is 28.8 Å². The van der Waals surface area contributed by atoms with Crippen molar-refractivity contribution in [3.8, 4) is 0 Å². The fourth-order valence-electron chi connectivity index (χ4n) is 3.95. The number of carbonyl (C=O) groups is 2. The Balaban J connectivity index is 1.29. The maximum absolute atomic E-state index is 13.1. The molecule has 1 fully saturated rings. The van der Waals surface area contributed by atoms with Crippen molar-refractivity contribution in [2.45, 2.75) is 31.7 Å². The molecule has 1 saturated heterocycles. The number of benzene rings is 2. The predicted molar refractivity (Wildman–Crippen MR) is 125 cm³/mol. The molecule has 0 spiro atoms. The van der Waals surface area contributed by atoms with Crippen molar-refractivity contribution in [3.63, 3.8) is 0 Å². The normalized spacial score (nSPS) is 14.1. The van der Waals surface area contributed by atoms with Gasteiger partial charge in [0.25, 0.3) is 11.6 Å². The average Bonchev–Trinajstić information content (AvgIpc) is 3.35. The fraction of sp³-hybridized carbons (Fsp3) is 0.292. The van der Waals surface area contributed by atoms with E-state index in [1.807, 2.05) is 4.90 Å². The molecular weight excluding hydrogens is 459 g/mol. The third-order valence-electron chi connectivity index (χ3n) is 5.85. The van der Waals surface area contributed by atoms with Gasteiger partial charge in [-0.3, -0.25) is 19.7 Å². The molecule has 2 heterocycles. The van der Waals surface area contributed by atoms with Gasteiger partial charge in [0.2, 0.25) is 5.91 Å². The van der Waals surface area contributed by atoms with Crippen LogP contribution in [0.4, 0.5) is 10.1 Å². The molecule has 2 amide bonds. The number of likely N-dealkylation sites (tertiary alicyclic amines) is 1. The zero-order chi connectivity index (χ0) is 24.1. The quantitative estimate of drug-likeness (QED) is 0.404. The number of rotatable bonds is 7. The Morgan fingerprint density at radius 3 is 2.56 bits per heavy atom. The molecule has 1 aromatic heterocycles. The lowest BCUT2D eigenvalue weighted by Crippen LogP contribution is -2.38. The van der Waals surface area contributed by atoms with Crippen LogP contribution < -0.4 is 5.32 Å². The first-order chi connectivity index (χ1) is 16.4. The second kappa shape index (κ2) is 10.5. The van der Waals surface area contributed by atoms with Gasteiger partial charge in [-0.1, -0.05) is 30.3 Å². The van der Waals surface area contributed by atoms with Crippen LogP contribution in [0.3, 0.4) is 0 Å². The Kier molecular flexibility index (Phi) is 7.27. The Morgan fingerprint density at radius 1 is 1.15 bits per heavy atom. The summed E-state index contributed by atoms with van der Waals surface area (Å²) in [6.45, 7) is 1.24. The number of aromatic nitrogens is 1. The van der Waals surface area contributed by atoms with Crippen LogP contribution in [0.5, 0.6) is 0 Å². The van der Waals surface area contributed by atoms with Gasteiger partial charge < -0.3 is 10.2 Å². The van der Waals surface area contributed by atoms with Gasteiger partial charge in [0.1, 0.15) is 11.5 Å². The number of para-hydroxylation sites is 1. The highest BCUT2D eigenvalue weighted by molar-refractivity contribution is 7.09. The molecule has 3 aromatic rings. The summed E-state index contributed by atoms with van der Waals surface area (Å²) in [5, 5.41) is 16.4. The zero-order valence-corrected chi connectivity index (χ0v) is 19.1. The zero-order valence-electron chi connectivity index (χ0n) is 18.3. The molecular formula is C24H23FN4O4S. The van der Waals surface area contributed by atoms with Gasteiger partial charge in [0, 0.05) is 42.6 Å². The van der Waals surface area contributed by atoms with E-state index < -0.39 is 4.92 Å². The molecule has 8 nitrogen and oxygen atoms in total. The highest BCUT2D eigenvalue weighted by Crippen LogP contribution is 2.30. The number of halogens is 1. The molecule has 4 rings (SSSR count). The highest BCUT2D eigenvalue weighted by atomic mass is 32.1. The summed E-state index contributed by atoms with van der Waals surface area (Å²) < 4.78 is 13.1. The lowest BCUT2D eigenvalue weighted by Gasteiger charge is -2.31. The van der Waals surface area contributed by atoms with Crippen molar-refractivity contribution in [1.82, 2.24) is 15.2 Å². The van der Waals surface area contributed by atoms with E-state index in [-0.39, 0.29) is 47.9 Å². The maximum atomic E-state index is 13.1. The summed E-state index contributed by atoms with van der Waals surface area (Å²) in [7, 11) is 0. The first-order valence-corrected chi connectivity index (χ1v) is 11.8. The molecule has 10 heteroatoms. The topological polar surface area (TPSA) is 105 Å². The first-order valence-electron chi connectivity index (χ1n) is 10.9. The van der Waals surface area contributed by atoms with E-state index >= 15 is 0 Å². The van der Waals surface area contributed by atoms with E-state index in [0.717, 1.165) is 23.4 Å². The smallest absolute Gasteiger partial charge is 0.274 e. The monoisotopic (exact) mass is 482 g/mol. The fourth-order valence-corrected chi connectivity index (χ4v) is 4.92. The van der Waals surface area contributed by atoms with Crippen LogP contribution in [-0.2, 0) is 17.8 Å². The number of hydrogen-bond acceptors (Lipinski definition) is 6. The van der Waals surface area contributed by atoms with Crippen LogP contribution in [0.25, 0.3) is 0 Å². The van der Waals surface area contributed by atoms with Gasteiger partial charge in [-0.15, -0.1) is 11.3 Å². The number of nitro groups is 1. The van der Waals surface area contributed by atoms with E-state index in [1.165, 1.54) is 29.5 Å². The second-order valence-corrected chi connectivity index (χ2v) is 8.99. The number of hydrogen-bond donors (Lipinski definition) is 1. The summed E-state index contributed by atoms with van der Waals surface area (Å²) in [6, 6.07) is 12.2. The van der Waals surface area contributed by atoms with Gasteiger partial charge in [-0.05, 0) is 30.5 Å². The molecule has 1 aliphatic rings. The third kappa shape index (κ3) is 5.63. The minimum atomic E-state index is -0.473. The second-order valence-electron chi connectivity index (χ2n) is 8.10. The van der Waals surface area contributed by atoms with Crippen molar-refractivity contribution in [2.75, 3.05) is 13.1 Å². The number of piperidine rings is 1. The Morgan fingerprint density at radius 2 is 1.85 bits per heavy atom. The van der Waals surface area contributed by atoms with Gasteiger partial charge >= 0.3 is 0 Å².